The minimum atomic E-state index is -0.0533. The lowest BCUT2D eigenvalue weighted by molar-refractivity contribution is 0.510. The van der Waals surface area contributed by atoms with Crippen LogP contribution in [0.25, 0.3) is 21.8 Å². The fourth-order valence-corrected chi connectivity index (χ4v) is 4.25. The van der Waals surface area contributed by atoms with Gasteiger partial charge in [-0.3, -0.25) is 18.7 Å². The monoisotopic (exact) mass is 494 g/mol. The maximum atomic E-state index is 12.5. The molecule has 0 aliphatic heterocycles. The van der Waals surface area contributed by atoms with Crippen LogP contribution in [0.4, 0.5) is 0 Å². The second-order valence-corrected chi connectivity index (χ2v) is 8.96. The summed E-state index contributed by atoms with van der Waals surface area (Å²) in [6.07, 6.45) is 4.13. The zero-order chi connectivity index (χ0) is 26.4. The van der Waals surface area contributed by atoms with Gasteiger partial charge in [0.15, 0.2) is 0 Å². The molecule has 35 heavy (non-hydrogen) atoms. The van der Waals surface area contributed by atoms with Crippen LogP contribution in [0.2, 0.25) is 5.02 Å². The van der Waals surface area contributed by atoms with Gasteiger partial charge in [-0.15, -0.1) is 13.2 Å². The van der Waals surface area contributed by atoms with Gasteiger partial charge in [0.05, 0.1) is 39.5 Å². The first kappa shape index (κ1) is 28.0. The van der Waals surface area contributed by atoms with Crippen molar-refractivity contribution < 1.29 is 0 Å². The Balaban J connectivity index is 0.000000234. The van der Waals surface area contributed by atoms with Gasteiger partial charge >= 0.3 is 0 Å². The lowest BCUT2D eigenvalue weighted by Crippen LogP contribution is -2.24. The lowest BCUT2D eigenvalue weighted by atomic mass is 10.1. The summed E-state index contributed by atoms with van der Waals surface area (Å²) in [4.78, 5) is 33.2. The molecule has 2 heterocycles. The number of benzene rings is 2. The highest BCUT2D eigenvalue weighted by Crippen LogP contribution is 2.25. The van der Waals surface area contributed by atoms with Crippen LogP contribution in [0.15, 0.2) is 53.6 Å². The van der Waals surface area contributed by atoms with Crippen molar-refractivity contribution in [1.29, 1.82) is 0 Å². The van der Waals surface area contributed by atoms with E-state index in [4.69, 9.17) is 11.6 Å². The SMILES string of the molecule is C=C.CCC(C)n1cnc2c(C)c(C)cc(Cl)c2c1=O.CCn1cnc2cc(C)cc(C)c2c1=O. The Kier molecular flexibility index (Phi) is 9.55. The van der Waals surface area contributed by atoms with E-state index in [9.17, 15) is 9.59 Å². The van der Waals surface area contributed by atoms with Crippen molar-refractivity contribution in [3.8, 4) is 0 Å². The minimum absolute atomic E-state index is 0.0533. The largest absolute Gasteiger partial charge is 0.299 e. The normalized spacial score (nSPS) is 11.4. The number of hydrogen-bond donors (Lipinski definition) is 0. The van der Waals surface area contributed by atoms with Crippen molar-refractivity contribution in [2.75, 3.05) is 0 Å². The Morgan fingerprint density at radius 1 is 0.914 bits per heavy atom. The maximum absolute atomic E-state index is 12.5. The molecule has 1 atom stereocenters. The first-order chi connectivity index (χ1) is 16.6. The number of halogens is 1. The number of aromatic nitrogens is 4. The highest BCUT2D eigenvalue weighted by molar-refractivity contribution is 6.35. The van der Waals surface area contributed by atoms with Gasteiger partial charge in [-0.1, -0.05) is 24.6 Å². The van der Waals surface area contributed by atoms with Gasteiger partial charge < -0.3 is 0 Å². The molecule has 1 unspecified atom stereocenters. The molecule has 0 aliphatic rings. The standard InChI is InChI=1S/C14H17ClN2O.C12H14N2O.C2H4/c1-5-9(3)17-7-16-13-10(4)8(2)6-11(15)12(13)14(17)18;1-4-14-7-13-10-6-8(2)5-9(3)11(10)12(14)15;1-2/h6-7,9H,5H2,1-4H3;5-7H,4H2,1-3H3;1-2H2. The van der Waals surface area contributed by atoms with E-state index < -0.39 is 0 Å². The zero-order valence-corrected chi connectivity index (χ0v) is 22.5. The van der Waals surface area contributed by atoms with Gasteiger partial charge in [-0.05, 0) is 82.3 Å². The van der Waals surface area contributed by atoms with Crippen molar-refractivity contribution in [1.82, 2.24) is 19.1 Å². The van der Waals surface area contributed by atoms with Crippen molar-refractivity contribution >= 4 is 33.4 Å². The van der Waals surface area contributed by atoms with Gasteiger partial charge in [-0.2, -0.15) is 0 Å². The molecule has 186 valence electrons. The molecule has 0 saturated heterocycles. The fraction of sp³-hybridized carbons (Fsp3) is 0.357. The number of nitrogens with zero attached hydrogens (tertiary/aromatic N) is 4. The van der Waals surface area contributed by atoms with Crippen LogP contribution in [-0.4, -0.2) is 19.1 Å². The molecule has 2 aromatic heterocycles. The van der Waals surface area contributed by atoms with Crippen LogP contribution >= 0.6 is 11.6 Å². The average molecular weight is 495 g/mol. The number of fused-ring (bicyclic) bond motifs is 2. The third-order valence-corrected chi connectivity index (χ3v) is 6.50. The van der Waals surface area contributed by atoms with Gasteiger partial charge in [-0.25, -0.2) is 9.97 Å². The lowest BCUT2D eigenvalue weighted by Gasteiger charge is -2.14. The second-order valence-electron chi connectivity index (χ2n) is 8.55. The molecule has 0 radical (unpaired) electrons. The molecule has 0 N–H and O–H groups in total. The van der Waals surface area contributed by atoms with Crippen molar-refractivity contribution in [2.45, 2.75) is 67.5 Å². The summed E-state index contributed by atoms with van der Waals surface area (Å²) < 4.78 is 3.29. The van der Waals surface area contributed by atoms with Crippen LogP contribution in [0, 0.1) is 27.7 Å². The molecule has 0 aliphatic carbocycles. The van der Waals surface area contributed by atoms with Crippen LogP contribution in [0.3, 0.4) is 0 Å². The second kappa shape index (κ2) is 11.9. The summed E-state index contributed by atoms with van der Waals surface area (Å²) in [5.41, 5.74) is 5.73. The predicted molar refractivity (Wildman–Crippen MR) is 148 cm³/mol. The minimum Gasteiger partial charge on any atom is -0.299 e. The van der Waals surface area contributed by atoms with Crippen molar-refractivity contribution in [3.05, 3.63) is 92.0 Å². The summed E-state index contributed by atoms with van der Waals surface area (Å²) in [5, 5.41) is 1.76. The van der Waals surface area contributed by atoms with Crippen LogP contribution in [0.1, 0.15) is 55.5 Å². The summed E-state index contributed by atoms with van der Waals surface area (Å²) in [5.74, 6) is 0. The molecular formula is C28H35ClN4O2. The molecule has 0 saturated carbocycles. The molecule has 0 amide bonds. The first-order valence-electron chi connectivity index (χ1n) is 11.7. The molecule has 4 aromatic rings. The quantitative estimate of drug-likeness (QED) is 0.306. The van der Waals surface area contributed by atoms with E-state index in [1.807, 2.05) is 66.7 Å². The first-order valence-corrected chi connectivity index (χ1v) is 12.1. The third-order valence-electron chi connectivity index (χ3n) is 6.20. The fourth-order valence-electron chi connectivity index (χ4n) is 3.91. The zero-order valence-electron chi connectivity index (χ0n) is 21.8. The van der Waals surface area contributed by atoms with Crippen LogP contribution in [-0.2, 0) is 6.54 Å². The summed E-state index contributed by atoms with van der Waals surface area (Å²) in [6.45, 7) is 20.6. The van der Waals surface area contributed by atoms with E-state index in [1.54, 1.807) is 21.8 Å². The van der Waals surface area contributed by atoms with E-state index in [2.05, 4.69) is 23.1 Å². The van der Waals surface area contributed by atoms with E-state index in [-0.39, 0.29) is 17.2 Å². The molecule has 0 spiro atoms. The molecule has 0 bridgehead atoms. The summed E-state index contributed by atoms with van der Waals surface area (Å²) in [6, 6.07) is 5.94. The Morgan fingerprint density at radius 2 is 1.57 bits per heavy atom. The Bertz CT molecular complexity index is 1470. The van der Waals surface area contributed by atoms with Crippen LogP contribution in [0.5, 0.6) is 0 Å². The molecule has 0 fully saturated rings. The van der Waals surface area contributed by atoms with E-state index in [0.29, 0.717) is 22.5 Å². The number of hydrogen-bond acceptors (Lipinski definition) is 4. The van der Waals surface area contributed by atoms with E-state index >= 15 is 0 Å². The van der Waals surface area contributed by atoms with Gasteiger partial charge in [0.25, 0.3) is 11.1 Å². The highest BCUT2D eigenvalue weighted by atomic mass is 35.5. The number of aryl methyl sites for hydroxylation is 5. The maximum Gasteiger partial charge on any atom is 0.262 e. The molecule has 7 heteroatoms. The van der Waals surface area contributed by atoms with Crippen LogP contribution < -0.4 is 11.1 Å². The Morgan fingerprint density at radius 3 is 2.17 bits per heavy atom. The van der Waals surface area contributed by atoms with E-state index in [0.717, 1.165) is 39.6 Å². The predicted octanol–water partition coefficient (Wildman–Crippen LogP) is 6.47. The van der Waals surface area contributed by atoms with Crippen molar-refractivity contribution in [3.63, 3.8) is 0 Å². The Hall–Kier alpha value is -3.25. The topological polar surface area (TPSA) is 69.8 Å². The van der Waals surface area contributed by atoms with Gasteiger partial charge in [0, 0.05) is 12.6 Å². The van der Waals surface area contributed by atoms with Gasteiger partial charge in [0.2, 0.25) is 0 Å². The number of rotatable bonds is 3. The molecule has 4 rings (SSSR count). The molecule has 2 aromatic carbocycles. The molecule has 6 nitrogen and oxygen atoms in total. The van der Waals surface area contributed by atoms with Crippen molar-refractivity contribution in [2.24, 2.45) is 0 Å². The average Bonchev–Trinajstić information content (AvgIpc) is 2.83. The third kappa shape index (κ3) is 5.70. The smallest absolute Gasteiger partial charge is 0.262 e. The summed E-state index contributed by atoms with van der Waals surface area (Å²) >= 11 is 6.21. The Labute approximate surface area is 211 Å². The highest BCUT2D eigenvalue weighted by Gasteiger charge is 2.14. The molecular weight excluding hydrogens is 460 g/mol. The summed E-state index contributed by atoms with van der Waals surface area (Å²) in [7, 11) is 0. The van der Waals surface area contributed by atoms with Gasteiger partial charge in [0.1, 0.15) is 0 Å². The van der Waals surface area contributed by atoms with E-state index in [1.165, 1.54) is 0 Å².